The van der Waals surface area contributed by atoms with Gasteiger partial charge in [0.15, 0.2) is 0 Å². The van der Waals surface area contributed by atoms with Gasteiger partial charge < -0.3 is 10.6 Å². The van der Waals surface area contributed by atoms with Crippen LogP contribution < -0.4 is 10.6 Å². The molecule has 0 radical (unpaired) electrons. The second kappa shape index (κ2) is 7.26. The minimum absolute atomic E-state index is 0.0388. The Morgan fingerprint density at radius 2 is 1.81 bits per heavy atom. The number of rotatable bonds is 4. The van der Waals surface area contributed by atoms with Crippen molar-refractivity contribution in [1.29, 1.82) is 0 Å². The third kappa shape index (κ3) is 3.78. The van der Waals surface area contributed by atoms with Gasteiger partial charge >= 0.3 is 0 Å². The van der Waals surface area contributed by atoms with Crippen LogP contribution in [0.15, 0.2) is 50.2 Å². The van der Waals surface area contributed by atoms with E-state index in [4.69, 9.17) is 5.73 Å². The number of hydrogen-bond acceptors (Lipinski definition) is 4. The molecule has 3 rings (SSSR count). The number of carbonyl (C=O) groups is 1. The SMILES string of the molecule is NC(=O)CN1CN(Cc2ccc(Br)cc2F)S(=O)(=O)c2cc(Br)ccc21. The number of fused-ring (bicyclic) bond motifs is 1. The Balaban J connectivity index is 2.04. The van der Waals surface area contributed by atoms with Crippen LogP contribution in [-0.4, -0.2) is 31.8 Å². The molecular weight excluding hydrogens is 493 g/mol. The first-order valence-electron chi connectivity index (χ1n) is 7.45. The van der Waals surface area contributed by atoms with Gasteiger partial charge in [0.25, 0.3) is 0 Å². The molecule has 0 atom stereocenters. The van der Waals surface area contributed by atoms with Gasteiger partial charge in [-0.3, -0.25) is 4.79 Å². The highest BCUT2D eigenvalue weighted by atomic mass is 79.9. The highest BCUT2D eigenvalue weighted by Gasteiger charge is 2.36. The zero-order valence-corrected chi connectivity index (χ0v) is 17.3. The Labute approximate surface area is 167 Å². The molecule has 10 heteroatoms. The highest BCUT2D eigenvalue weighted by molar-refractivity contribution is 9.10. The quantitative estimate of drug-likeness (QED) is 0.691. The summed E-state index contributed by atoms with van der Waals surface area (Å²) in [7, 11) is -3.87. The van der Waals surface area contributed by atoms with E-state index in [1.54, 1.807) is 23.1 Å². The van der Waals surface area contributed by atoms with Gasteiger partial charge in [0, 0.05) is 21.1 Å². The van der Waals surface area contributed by atoms with Gasteiger partial charge in [0.05, 0.1) is 18.9 Å². The summed E-state index contributed by atoms with van der Waals surface area (Å²) in [6.45, 7) is -0.415. The predicted octanol–water partition coefficient (Wildman–Crippen LogP) is 2.80. The number of nitrogens with zero attached hydrogens (tertiary/aromatic N) is 2. The molecule has 1 amide bonds. The van der Waals surface area contributed by atoms with Gasteiger partial charge in [0.1, 0.15) is 10.7 Å². The number of amides is 1. The zero-order chi connectivity index (χ0) is 19.1. The van der Waals surface area contributed by atoms with Crippen LogP contribution in [-0.2, 0) is 21.4 Å². The summed E-state index contributed by atoms with van der Waals surface area (Å²) in [6.07, 6.45) is 0. The number of hydrogen-bond donors (Lipinski definition) is 1. The first kappa shape index (κ1) is 19.3. The summed E-state index contributed by atoms with van der Waals surface area (Å²) in [4.78, 5) is 13.0. The van der Waals surface area contributed by atoms with Crippen molar-refractivity contribution in [3.63, 3.8) is 0 Å². The number of anilines is 1. The Kier molecular flexibility index (Phi) is 5.38. The van der Waals surface area contributed by atoms with E-state index in [9.17, 15) is 17.6 Å². The van der Waals surface area contributed by atoms with Crippen LogP contribution in [0.3, 0.4) is 0 Å². The molecule has 0 aliphatic carbocycles. The molecule has 0 fully saturated rings. The van der Waals surface area contributed by atoms with E-state index in [1.807, 2.05) is 0 Å². The Morgan fingerprint density at radius 3 is 2.46 bits per heavy atom. The maximum atomic E-state index is 14.2. The second-order valence-corrected chi connectivity index (χ2v) is 9.51. The van der Waals surface area contributed by atoms with Crippen LogP contribution in [0.1, 0.15) is 5.56 Å². The average Bonchev–Trinajstić information content (AvgIpc) is 2.54. The van der Waals surface area contributed by atoms with Crippen LogP contribution in [0.25, 0.3) is 0 Å². The van der Waals surface area contributed by atoms with Crippen molar-refractivity contribution in [3.05, 3.63) is 56.7 Å². The Bertz CT molecular complexity index is 985. The number of benzene rings is 2. The van der Waals surface area contributed by atoms with Crippen LogP contribution >= 0.6 is 31.9 Å². The van der Waals surface area contributed by atoms with Crippen molar-refractivity contribution in [2.45, 2.75) is 11.4 Å². The Hall–Kier alpha value is -1.49. The molecule has 1 aliphatic rings. The maximum absolute atomic E-state index is 14.2. The molecule has 26 heavy (non-hydrogen) atoms. The number of carbonyl (C=O) groups excluding carboxylic acids is 1. The molecule has 1 aliphatic heterocycles. The van der Waals surface area contributed by atoms with E-state index in [0.717, 1.165) is 4.31 Å². The van der Waals surface area contributed by atoms with E-state index >= 15 is 0 Å². The van der Waals surface area contributed by atoms with E-state index in [2.05, 4.69) is 31.9 Å². The van der Waals surface area contributed by atoms with Gasteiger partial charge in [-0.05, 0) is 30.3 Å². The molecule has 0 unspecified atom stereocenters. The highest BCUT2D eigenvalue weighted by Crippen LogP contribution is 2.36. The minimum atomic E-state index is -3.87. The van der Waals surface area contributed by atoms with E-state index in [0.29, 0.717) is 14.6 Å². The van der Waals surface area contributed by atoms with Crippen molar-refractivity contribution < 1.29 is 17.6 Å². The van der Waals surface area contributed by atoms with Crippen molar-refractivity contribution in [1.82, 2.24) is 4.31 Å². The molecule has 0 saturated heterocycles. The predicted molar refractivity (Wildman–Crippen MR) is 102 cm³/mol. The molecule has 2 N–H and O–H groups in total. The second-order valence-electron chi connectivity index (χ2n) is 5.77. The van der Waals surface area contributed by atoms with Gasteiger partial charge in [-0.2, -0.15) is 4.31 Å². The van der Waals surface area contributed by atoms with Crippen molar-refractivity contribution in [3.8, 4) is 0 Å². The smallest absolute Gasteiger partial charge is 0.247 e. The number of primary amides is 1. The van der Waals surface area contributed by atoms with Gasteiger partial charge in [-0.15, -0.1) is 0 Å². The van der Waals surface area contributed by atoms with Crippen LogP contribution in [0.5, 0.6) is 0 Å². The molecule has 0 saturated carbocycles. The summed E-state index contributed by atoms with van der Waals surface area (Å²) in [5.41, 5.74) is 5.91. The first-order chi connectivity index (χ1) is 12.2. The molecule has 2 aromatic carbocycles. The molecule has 2 aromatic rings. The molecular formula is C16H14Br2FN3O3S. The standard InChI is InChI=1S/C16H14Br2FN3O3S/c17-11-2-1-10(13(19)5-11)7-22-9-21(8-16(20)23)14-4-3-12(18)6-15(14)26(22,24)25/h1-6H,7-9H2,(H2,20,23). The normalized spacial score (nSPS) is 16.3. The topological polar surface area (TPSA) is 83.7 Å². The first-order valence-corrected chi connectivity index (χ1v) is 10.5. The third-order valence-electron chi connectivity index (χ3n) is 3.92. The molecule has 6 nitrogen and oxygen atoms in total. The lowest BCUT2D eigenvalue weighted by Crippen LogP contribution is -2.48. The summed E-state index contributed by atoms with van der Waals surface area (Å²) in [5, 5.41) is 0. The lowest BCUT2D eigenvalue weighted by Gasteiger charge is -2.37. The summed E-state index contributed by atoms with van der Waals surface area (Å²) in [6, 6.07) is 9.19. The van der Waals surface area contributed by atoms with E-state index < -0.39 is 21.7 Å². The van der Waals surface area contributed by atoms with Crippen molar-refractivity contribution in [2.75, 3.05) is 18.1 Å². The van der Waals surface area contributed by atoms with Crippen LogP contribution in [0.4, 0.5) is 10.1 Å². The van der Waals surface area contributed by atoms with E-state index in [-0.39, 0.29) is 30.2 Å². The van der Waals surface area contributed by atoms with Crippen molar-refractivity contribution in [2.24, 2.45) is 5.73 Å². The summed E-state index contributed by atoms with van der Waals surface area (Å²) >= 11 is 6.43. The van der Waals surface area contributed by atoms with Crippen molar-refractivity contribution >= 4 is 53.5 Å². The molecule has 0 spiro atoms. The minimum Gasteiger partial charge on any atom is -0.368 e. The molecule has 1 heterocycles. The number of nitrogens with two attached hydrogens (primary N) is 1. The van der Waals surface area contributed by atoms with E-state index in [1.165, 1.54) is 18.2 Å². The van der Waals surface area contributed by atoms with Crippen LogP contribution in [0.2, 0.25) is 0 Å². The van der Waals surface area contributed by atoms with Crippen LogP contribution in [0, 0.1) is 5.82 Å². The summed E-state index contributed by atoms with van der Waals surface area (Å²) in [5.74, 6) is -1.11. The number of halogens is 3. The summed E-state index contributed by atoms with van der Waals surface area (Å²) < 4.78 is 42.4. The Morgan fingerprint density at radius 1 is 1.15 bits per heavy atom. The zero-order valence-electron chi connectivity index (χ0n) is 13.3. The molecule has 138 valence electrons. The molecule has 0 bridgehead atoms. The lowest BCUT2D eigenvalue weighted by molar-refractivity contribution is -0.116. The monoisotopic (exact) mass is 505 g/mol. The maximum Gasteiger partial charge on any atom is 0.247 e. The van der Waals surface area contributed by atoms with Gasteiger partial charge in [-0.25, -0.2) is 12.8 Å². The fourth-order valence-electron chi connectivity index (χ4n) is 2.74. The lowest BCUT2D eigenvalue weighted by atomic mass is 10.2. The fourth-order valence-corrected chi connectivity index (χ4v) is 5.20. The number of sulfonamides is 1. The average molecular weight is 507 g/mol. The fraction of sp³-hybridized carbons (Fsp3) is 0.188. The molecule has 0 aromatic heterocycles. The van der Waals surface area contributed by atoms with Gasteiger partial charge in [-0.1, -0.05) is 37.9 Å². The van der Waals surface area contributed by atoms with Gasteiger partial charge in [0.2, 0.25) is 15.9 Å². The largest absolute Gasteiger partial charge is 0.368 e. The third-order valence-corrected chi connectivity index (χ3v) is 6.71.